The van der Waals surface area contributed by atoms with Gasteiger partial charge < -0.3 is 5.32 Å². The molecule has 2 rings (SSSR count). The summed E-state index contributed by atoms with van der Waals surface area (Å²) in [5, 5.41) is 3.16. The highest BCUT2D eigenvalue weighted by molar-refractivity contribution is 5.24. The maximum atomic E-state index is 12.4. The molecule has 0 atom stereocenters. The van der Waals surface area contributed by atoms with Crippen LogP contribution in [0.4, 0.5) is 13.2 Å². The molecule has 2 aromatic rings. The van der Waals surface area contributed by atoms with Crippen LogP contribution in [-0.4, -0.2) is 4.98 Å². The summed E-state index contributed by atoms with van der Waals surface area (Å²) in [5.41, 5.74) is 2.04. The lowest BCUT2D eigenvalue weighted by atomic mass is 10.1. The molecule has 1 heterocycles. The number of aryl methyl sites for hydroxylation is 1. The first-order valence-electron chi connectivity index (χ1n) is 6.24. The standard InChI is InChI=1S/C15H15F3N2/c1-11-3-2-4-14(20-11)10-19-9-12-5-7-13(8-6-12)15(16,17)18/h2-8,19H,9-10H2,1H3. The van der Waals surface area contributed by atoms with Crippen LogP contribution in [0.5, 0.6) is 0 Å². The van der Waals surface area contributed by atoms with Gasteiger partial charge in [0.15, 0.2) is 0 Å². The molecule has 0 spiro atoms. The average Bonchev–Trinajstić information content (AvgIpc) is 2.38. The smallest absolute Gasteiger partial charge is 0.307 e. The zero-order valence-corrected chi connectivity index (χ0v) is 11.0. The molecule has 0 bridgehead atoms. The topological polar surface area (TPSA) is 24.9 Å². The van der Waals surface area contributed by atoms with E-state index in [0.717, 1.165) is 29.1 Å². The summed E-state index contributed by atoms with van der Waals surface area (Å²) in [6, 6.07) is 10.9. The minimum Gasteiger partial charge on any atom is -0.307 e. The predicted molar refractivity (Wildman–Crippen MR) is 71.0 cm³/mol. The fraction of sp³-hybridized carbons (Fsp3) is 0.267. The van der Waals surface area contributed by atoms with E-state index in [-0.39, 0.29) is 0 Å². The highest BCUT2D eigenvalue weighted by Crippen LogP contribution is 2.28. The van der Waals surface area contributed by atoms with E-state index in [9.17, 15) is 13.2 Å². The minimum absolute atomic E-state index is 0.508. The number of aromatic nitrogens is 1. The van der Waals surface area contributed by atoms with Crippen molar-refractivity contribution in [3.8, 4) is 0 Å². The molecule has 0 unspecified atom stereocenters. The Kier molecular flexibility index (Phi) is 4.39. The van der Waals surface area contributed by atoms with Crippen LogP contribution in [0.1, 0.15) is 22.5 Å². The Morgan fingerprint density at radius 1 is 1.00 bits per heavy atom. The molecular weight excluding hydrogens is 265 g/mol. The molecule has 0 aliphatic carbocycles. The molecule has 0 saturated heterocycles. The number of alkyl halides is 3. The molecule has 0 saturated carbocycles. The van der Waals surface area contributed by atoms with E-state index in [0.29, 0.717) is 13.1 Å². The SMILES string of the molecule is Cc1cccc(CNCc2ccc(C(F)(F)F)cc2)n1. The summed E-state index contributed by atoms with van der Waals surface area (Å²) >= 11 is 0. The monoisotopic (exact) mass is 280 g/mol. The van der Waals surface area contributed by atoms with Crippen LogP contribution in [-0.2, 0) is 19.3 Å². The van der Waals surface area contributed by atoms with Gasteiger partial charge >= 0.3 is 6.18 Å². The first-order chi connectivity index (χ1) is 9.45. The maximum Gasteiger partial charge on any atom is 0.416 e. The zero-order valence-electron chi connectivity index (χ0n) is 11.0. The molecule has 0 radical (unpaired) electrons. The minimum atomic E-state index is -4.28. The molecule has 2 nitrogen and oxygen atoms in total. The third-order valence-electron chi connectivity index (χ3n) is 2.86. The van der Waals surface area contributed by atoms with E-state index in [1.807, 2.05) is 25.1 Å². The summed E-state index contributed by atoms with van der Waals surface area (Å²) in [5.74, 6) is 0. The largest absolute Gasteiger partial charge is 0.416 e. The molecule has 20 heavy (non-hydrogen) atoms. The van der Waals surface area contributed by atoms with E-state index in [1.54, 1.807) is 0 Å². The number of hydrogen-bond donors (Lipinski definition) is 1. The number of rotatable bonds is 4. The number of hydrogen-bond acceptors (Lipinski definition) is 2. The van der Waals surface area contributed by atoms with Gasteiger partial charge in [0.25, 0.3) is 0 Å². The highest BCUT2D eigenvalue weighted by atomic mass is 19.4. The van der Waals surface area contributed by atoms with Crippen molar-refractivity contribution in [3.63, 3.8) is 0 Å². The molecule has 0 amide bonds. The van der Waals surface area contributed by atoms with Gasteiger partial charge in [-0.25, -0.2) is 0 Å². The third-order valence-corrected chi connectivity index (χ3v) is 2.86. The van der Waals surface area contributed by atoms with Crippen LogP contribution in [0, 0.1) is 6.92 Å². The Labute approximate surface area is 115 Å². The van der Waals surface area contributed by atoms with Gasteiger partial charge in [-0.2, -0.15) is 13.2 Å². The first kappa shape index (κ1) is 14.5. The van der Waals surface area contributed by atoms with Gasteiger partial charge in [-0.15, -0.1) is 0 Å². The lowest BCUT2D eigenvalue weighted by Gasteiger charge is -2.08. The molecule has 0 fully saturated rings. The van der Waals surface area contributed by atoms with Crippen molar-refractivity contribution >= 4 is 0 Å². The molecule has 106 valence electrons. The Morgan fingerprint density at radius 2 is 1.70 bits per heavy atom. The summed E-state index contributed by atoms with van der Waals surface area (Å²) in [4.78, 5) is 4.34. The second-order valence-corrected chi connectivity index (χ2v) is 4.57. The quantitative estimate of drug-likeness (QED) is 0.923. The van der Waals surface area contributed by atoms with Gasteiger partial charge in [0.1, 0.15) is 0 Å². The Balaban J connectivity index is 1.88. The Morgan fingerprint density at radius 3 is 2.30 bits per heavy atom. The molecule has 0 aliphatic heterocycles. The van der Waals surface area contributed by atoms with Gasteiger partial charge in [0.2, 0.25) is 0 Å². The Bertz CT molecular complexity index is 562. The summed E-state index contributed by atoms with van der Waals surface area (Å²) in [6.45, 7) is 3.01. The summed E-state index contributed by atoms with van der Waals surface area (Å²) in [7, 11) is 0. The molecule has 1 N–H and O–H groups in total. The van der Waals surface area contributed by atoms with Crippen molar-refractivity contribution in [1.82, 2.24) is 10.3 Å². The average molecular weight is 280 g/mol. The first-order valence-corrected chi connectivity index (χ1v) is 6.24. The highest BCUT2D eigenvalue weighted by Gasteiger charge is 2.29. The second kappa shape index (κ2) is 6.05. The van der Waals surface area contributed by atoms with Crippen LogP contribution < -0.4 is 5.32 Å². The predicted octanol–water partition coefficient (Wildman–Crippen LogP) is 3.70. The van der Waals surface area contributed by atoms with E-state index in [1.165, 1.54) is 12.1 Å². The van der Waals surface area contributed by atoms with E-state index < -0.39 is 11.7 Å². The number of nitrogens with zero attached hydrogens (tertiary/aromatic N) is 1. The van der Waals surface area contributed by atoms with Gasteiger partial charge in [-0.05, 0) is 36.8 Å². The normalized spacial score (nSPS) is 11.6. The summed E-state index contributed by atoms with van der Waals surface area (Å²) in [6.07, 6.45) is -4.28. The van der Waals surface area contributed by atoms with Crippen LogP contribution in [0.15, 0.2) is 42.5 Å². The van der Waals surface area contributed by atoms with E-state index in [2.05, 4.69) is 10.3 Å². The van der Waals surface area contributed by atoms with Crippen LogP contribution >= 0.6 is 0 Å². The maximum absolute atomic E-state index is 12.4. The van der Waals surface area contributed by atoms with E-state index in [4.69, 9.17) is 0 Å². The van der Waals surface area contributed by atoms with Crippen molar-refractivity contribution in [2.24, 2.45) is 0 Å². The van der Waals surface area contributed by atoms with Crippen molar-refractivity contribution in [3.05, 3.63) is 65.0 Å². The van der Waals surface area contributed by atoms with E-state index >= 15 is 0 Å². The Hall–Kier alpha value is -1.88. The van der Waals surface area contributed by atoms with Gasteiger partial charge in [-0.3, -0.25) is 4.98 Å². The molecule has 0 aliphatic rings. The lowest BCUT2D eigenvalue weighted by Crippen LogP contribution is -2.14. The van der Waals surface area contributed by atoms with Crippen molar-refractivity contribution in [2.45, 2.75) is 26.2 Å². The van der Waals surface area contributed by atoms with Crippen molar-refractivity contribution < 1.29 is 13.2 Å². The van der Waals surface area contributed by atoms with Crippen LogP contribution in [0.2, 0.25) is 0 Å². The number of pyridine rings is 1. The number of nitrogens with one attached hydrogen (secondary N) is 1. The number of halogens is 3. The number of benzene rings is 1. The molecule has 1 aromatic carbocycles. The van der Waals surface area contributed by atoms with Gasteiger partial charge in [-0.1, -0.05) is 18.2 Å². The second-order valence-electron chi connectivity index (χ2n) is 4.57. The molecule has 5 heteroatoms. The molecular formula is C15H15F3N2. The van der Waals surface area contributed by atoms with Gasteiger partial charge in [0, 0.05) is 18.8 Å². The fourth-order valence-corrected chi connectivity index (χ4v) is 1.84. The lowest BCUT2D eigenvalue weighted by molar-refractivity contribution is -0.137. The van der Waals surface area contributed by atoms with Crippen molar-refractivity contribution in [2.75, 3.05) is 0 Å². The third kappa shape index (κ3) is 4.06. The van der Waals surface area contributed by atoms with Crippen LogP contribution in [0.25, 0.3) is 0 Å². The van der Waals surface area contributed by atoms with Gasteiger partial charge in [0.05, 0.1) is 11.3 Å². The fourth-order valence-electron chi connectivity index (χ4n) is 1.84. The van der Waals surface area contributed by atoms with Crippen LogP contribution in [0.3, 0.4) is 0 Å². The van der Waals surface area contributed by atoms with Crippen molar-refractivity contribution in [1.29, 1.82) is 0 Å². The zero-order chi connectivity index (χ0) is 14.6. The molecule has 1 aromatic heterocycles. The summed E-state index contributed by atoms with van der Waals surface area (Å²) < 4.78 is 37.2.